The molecule has 2 aromatic carbocycles. The van der Waals surface area contributed by atoms with Crippen LogP contribution in [0.25, 0.3) is 0 Å². The second-order valence-electron chi connectivity index (χ2n) is 4.90. The summed E-state index contributed by atoms with van der Waals surface area (Å²) in [7, 11) is 2.12. The third-order valence-corrected chi connectivity index (χ3v) is 3.52. The number of hydrogen-bond acceptors (Lipinski definition) is 2. The van der Waals surface area contributed by atoms with Crippen LogP contribution in [0.2, 0.25) is 5.02 Å². The molecule has 0 atom stereocenters. The van der Waals surface area contributed by atoms with Gasteiger partial charge in [0, 0.05) is 30.8 Å². The second kappa shape index (κ2) is 7.32. The molecule has 0 unspecified atom stereocenters. The maximum atomic E-state index is 6.11. The Morgan fingerprint density at radius 2 is 1.85 bits per heavy atom. The van der Waals surface area contributed by atoms with Crippen molar-refractivity contribution in [1.29, 1.82) is 0 Å². The zero-order valence-electron chi connectivity index (χ0n) is 12.1. The average molecular weight is 289 g/mol. The van der Waals surface area contributed by atoms with Crippen molar-refractivity contribution in [3.05, 3.63) is 64.7 Å². The van der Waals surface area contributed by atoms with E-state index in [0.717, 1.165) is 24.7 Å². The molecule has 2 nitrogen and oxygen atoms in total. The van der Waals surface area contributed by atoms with Crippen molar-refractivity contribution in [2.24, 2.45) is 0 Å². The van der Waals surface area contributed by atoms with E-state index in [1.165, 1.54) is 16.8 Å². The van der Waals surface area contributed by atoms with Gasteiger partial charge in [0.2, 0.25) is 0 Å². The zero-order chi connectivity index (χ0) is 14.4. The molecule has 1 N–H and O–H groups in total. The molecular formula is C17H21ClN2. The Labute approximate surface area is 126 Å². The number of anilines is 1. The highest BCUT2D eigenvalue weighted by atomic mass is 35.5. The van der Waals surface area contributed by atoms with Crippen molar-refractivity contribution in [3.63, 3.8) is 0 Å². The van der Waals surface area contributed by atoms with E-state index in [4.69, 9.17) is 11.6 Å². The van der Waals surface area contributed by atoms with E-state index >= 15 is 0 Å². The molecule has 106 valence electrons. The molecule has 3 heteroatoms. The molecule has 0 amide bonds. The first-order chi connectivity index (χ1) is 9.70. The summed E-state index contributed by atoms with van der Waals surface area (Å²) in [6, 6.07) is 16.6. The van der Waals surface area contributed by atoms with Gasteiger partial charge in [-0.3, -0.25) is 0 Å². The zero-order valence-corrected chi connectivity index (χ0v) is 12.8. The molecule has 0 aliphatic heterocycles. The van der Waals surface area contributed by atoms with Gasteiger partial charge in [-0.2, -0.15) is 0 Å². The Hall–Kier alpha value is -1.51. The molecule has 0 saturated carbocycles. The van der Waals surface area contributed by atoms with Crippen LogP contribution in [0, 0.1) is 0 Å². The maximum absolute atomic E-state index is 6.11. The van der Waals surface area contributed by atoms with Gasteiger partial charge in [-0.05, 0) is 35.9 Å². The van der Waals surface area contributed by atoms with Gasteiger partial charge < -0.3 is 10.2 Å². The van der Waals surface area contributed by atoms with Gasteiger partial charge in [-0.15, -0.1) is 0 Å². The van der Waals surface area contributed by atoms with E-state index in [2.05, 4.69) is 54.5 Å². The van der Waals surface area contributed by atoms with Crippen LogP contribution in [-0.4, -0.2) is 13.6 Å². The molecule has 0 bridgehead atoms. The predicted octanol–water partition coefficient (Wildman–Crippen LogP) is 4.09. The van der Waals surface area contributed by atoms with Crippen LogP contribution < -0.4 is 10.2 Å². The number of halogens is 1. The standard InChI is InChI=1S/C17H21ClN2/c1-3-19-12-15-11-16(18)9-10-17(15)20(2)13-14-7-5-4-6-8-14/h4-11,19H,3,12-13H2,1-2H3. The Kier molecular flexibility index (Phi) is 5.45. The van der Waals surface area contributed by atoms with E-state index in [0.29, 0.717) is 0 Å². The van der Waals surface area contributed by atoms with Crippen LogP contribution in [0.1, 0.15) is 18.1 Å². The van der Waals surface area contributed by atoms with Crippen LogP contribution >= 0.6 is 11.6 Å². The molecule has 0 heterocycles. The van der Waals surface area contributed by atoms with Crippen LogP contribution in [0.3, 0.4) is 0 Å². The third kappa shape index (κ3) is 3.99. The van der Waals surface area contributed by atoms with Gasteiger partial charge in [0.1, 0.15) is 0 Å². The van der Waals surface area contributed by atoms with Crippen molar-refractivity contribution < 1.29 is 0 Å². The number of hydrogen-bond donors (Lipinski definition) is 1. The number of rotatable bonds is 6. The minimum absolute atomic E-state index is 0.787. The summed E-state index contributed by atoms with van der Waals surface area (Å²) in [6.07, 6.45) is 0. The molecular weight excluding hydrogens is 268 g/mol. The monoisotopic (exact) mass is 288 g/mol. The van der Waals surface area contributed by atoms with Crippen molar-refractivity contribution in [2.45, 2.75) is 20.0 Å². The fourth-order valence-corrected chi connectivity index (χ4v) is 2.46. The van der Waals surface area contributed by atoms with Crippen LogP contribution in [0.5, 0.6) is 0 Å². The topological polar surface area (TPSA) is 15.3 Å². The summed E-state index contributed by atoms with van der Waals surface area (Å²) >= 11 is 6.11. The molecule has 2 rings (SSSR count). The molecule has 0 radical (unpaired) electrons. The quantitative estimate of drug-likeness (QED) is 0.861. The van der Waals surface area contributed by atoms with E-state index in [1.54, 1.807) is 0 Å². The van der Waals surface area contributed by atoms with Crippen LogP contribution in [0.15, 0.2) is 48.5 Å². The van der Waals surface area contributed by atoms with Crippen molar-refractivity contribution in [1.82, 2.24) is 5.32 Å². The number of nitrogens with zero attached hydrogens (tertiary/aromatic N) is 1. The predicted molar refractivity (Wildman–Crippen MR) is 87.4 cm³/mol. The maximum Gasteiger partial charge on any atom is 0.0426 e. The lowest BCUT2D eigenvalue weighted by atomic mass is 10.1. The smallest absolute Gasteiger partial charge is 0.0426 e. The minimum atomic E-state index is 0.787. The summed E-state index contributed by atoms with van der Waals surface area (Å²) in [6.45, 7) is 4.79. The summed E-state index contributed by atoms with van der Waals surface area (Å²) < 4.78 is 0. The fraction of sp³-hybridized carbons (Fsp3) is 0.294. The van der Waals surface area contributed by atoms with Crippen molar-refractivity contribution >= 4 is 17.3 Å². The molecule has 0 aromatic heterocycles. The molecule has 2 aromatic rings. The van der Waals surface area contributed by atoms with Gasteiger partial charge in [0.25, 0.3) is 0 Å². The van der Waals surface area contributed by atoms with Gasteiger partial charge in [0.15, 0.2) is 0 Å². The third-order valence-electron chi connectivity index (χ3n) is 3.28. The Morgan fingerprint density at radius 1 is 1.10 bits per heavy atom. The summed E-state index contributed by atoms with van der Waals surface area (Å²) in [5.41, 5.74) is 3.76. The molecule has 0 aliphatic carbocycles. The largest absolute Gasteiger partial charge is 0.370 e. The summed E-state index contributed by atoms with van der Waals surface area (Å²) in [5, 5.41) is 4.15. The van der Waals surface area contributed by atoms with Gasteiger partial charge >= 0.3 is 0 Å². The van der Waals surface area contributed by atoms with E-state index in [-0.39, 0.29) is 0 Å². The van der Waals surface area contributed by atoms with Crippen molar-refractivity contribution in [2.75, 3.05) is 18.5 Å². The number of benzene rings is 2. The lowest BCUT2D eigenvalue weighted by Gasteiger charge is -2.23. The highest BCUT2D eigenvalue weighted by Gasteiger charge is 2.08. The fourth-order valence-electron chi connectivity index (χ4n) is 2.27. The van der Waals surface area contributed by atoms with E-state index < -0.39 is 0 Å². The first-order valence-corrected chi connectivity index (χ1v) is 7.32. The van der Waals surface area contributed by atoms with Crippen LogP contribution in [0.4, 0.5) is 5.69 Å². The normalized spacial score (nSPS) is 10.6. The molecule has 0 saturated heterocycles. The Balaban J connectivity index is 2.18. The lowest BCUT2D eigenvalue weighted by molar-refractivity contribution is 0.723. The van der Waals surface area contributed by atoms with E-state index in [9.17, 15) is 0 Å². The highest BCUT2D eigenvalue weighted by molar-refractivity contribution is 6.30. The number of nitrogens with one attached hydrogen (secondary N) is 1. The van der Waals surface area contributed by atoms with Crippen LogP contribution in [-0.2, 0) is 13.1 Å². The molecule has 0 spiro atoms. The Bertz CT molecular complexity index is 540. The first kappa shape index (κ1) is 14.9. The van der Waals surface area contributed by atoms with Crippen molar-refractivity contribution in [3.8, 4) is 0 Å². The molecule has 0 aliphatic rings. The lowest BCUT2D eigenvalue weighted by Crippen LogP contribution is -2.20. The first-order valence-electron chi connectivity index (χ1n) is 6.95. The van der Waals surface area contributed by atoms with Gasteiger partial charge in [-0.1, -0.05) is 48.9 Å². The van der Waals surface area contributed by atoms with E-state index in [1.807, 2.05) is 18.2 Å². The summed E-state index contributed by atoms with van der Waals surface area (Å²) in [4.78, 5) is 2.26. The molecule has 20 heavy (non-hydrogen) atoms. The minimum Gasteiger partial charge on any atom is -0.370 e. The highest BCUT2D eigenvalue weighted by Crippen LogP contribution is 2.24. The summed E-state index contributed by atoms with van der Waals surface area (Å²) in [5.74, 6) is 0. The van der Waals surface area contributed by atoms with Gasteiger partial charge in [-0.25, -0.2) is 0 Å². The molecule has 0 fully saturated rings. The van der Waals surface area contributed by atoms with Gasteiger partial charge in [0.05, 0.1) is 0 Å². The Morgan fingerprint density at radius 3 is 2.55 bits per heavy atom. The SMILES string of the molecule is CCNCc1cc(Cl)ccc1N(C)Cc1ccccc1. The second-order valence-corrected chi connectivity index (χ2v) is 5.33. The average Bonchev–Trinajstić information content (AvgIpc) is 2.46.